The Balaban J connectivity index is 1.81. The average molecular weight is 404 g/mol. The Morgan fingerprint density at radius 3 is 2.41 bits per heavy atom. The Morgan fingerprint density at radius 1 is 0.897 bits per heavy atom. The van der Waals surface area contributed by atoms with Crippen LogP contribution in [-0.2, 0) is 5.75 Å². The summed E-state index contributed by atoms with van der Waals surface area (Å²) in [6.45, 7) is 0. The molecule has 0 radical (unpaired) electrons. The lowest BCUT2D eigenvalue weighted by Gasteiger charge is -2.14. The molecule has 0 unspecified atom stereocenters. The predicted octanol–water partition coefficient (Wildman–Crippen LogP) is 4.70. The number of ether oxygens (including phenoxy) is 2. The van der Waals surface area contributed by atoms with Gasteiger partial charge < -0.3 is 9.47 Å². The van der Waals surface area contributed by atoms with Gasteiger partial charge in [-0.2, -0.15) is 0 Å². The number of hydrogen-bond donors (Lipinski definition) is 0. The van der Waals surface area contributed by atoms with Crippen molar-refractivity contribution in [2.75, 3.05) is 14.2 Å². The Kier molecular flexibility index (Phi) is 5.53. The summed E-state index contributed by atoms with van der Waals surface area (Å²) in [7, 11) is 3.26. The lowest BCUT2D eigenvalue weighted by Crippen LogP contribution is -2.21. The van der Waals surface area contributed by atoms with Gasteiger partial charge in [0.1, 0.15) is 11.5 Å². The Bertz CT molecular complexity index is 1220. The highest BCUT2D eigenvalue weighted by atomic mass is 32.2. The molecule has 0 aliphatic rings. The van der Waals surface area contributed by atoms with Gasteiger partial charge in [0.15, 0.2) is 5.16 Å². The normalized spacial score (nSPS) is 10.8. The fourth-order valence-corrected chi connectivity index (χ4v) is 4.05. The van der Waals surface area contributed by atoms with E-state index in [2.05, 4.69) is 0 Å². The van der Waals surface area contributed by atoms with E-state index in [1.807, 2.05) is 66.7 Å². The van der Waals surface area contributed by atoms with Gasteiger partial charge in [-0.05, 0) is 42.0 Å². The number of methoxy groups -OCH3 is 2. The number of para-hydroxylation sites is 1. The summed E-state index contributed by atoms with van der Waals surface area (Å²) in [4.78, 5) is 18.1. The van der Waals surface area contributed by atoms with Crippen LogP contribution in [0.4, 0.5) is 0 Å². The highest BCUT2D eigenvalue weighted by molar-refractivity contribution is 7.98. The van der Waals surface area contributed by atoms with Crippen molar-refractivity contribution < 1.29 is 9.47 Å². The molecule has 0 amide bonds. The first-order valence-electron chi connectivity index (χ1n) is 9.11. The molecule has 1 aromatic heterocycles. The number of aromatic nitrogens is 2. The molecule has 4 rings (SSSR count). The van der Waals surface area contributed by atoms with E-state index in [0.29, 0.717) is 27.6 Å². The third-order valence-electron chi connectivity index (χ3n) is 4.56. The van der Waals surface area contributed by atoms with Crippen LogP contribution in [0.25, 0.3) is 16.6 Å². The maximum absolute atomic E-state index is 13.3. The van der Waals surface area contributed by atoms with Crippen LogP contribution in [0.15, 0.2) is 82.7 Å². The molecule has 5 nitrogen and oxygen atoms in total. The monoisotopic (exact) mass is 404 g/mol. The number of fused-ring (bicyclic) bond motifs is 1. The summed E-state index contributed by atoms with van der Waals surface area (Å²) in [5, 5.41) is 1.21. The van der Waals surface area contributed by atoms with Gasteiger partial charge >= 0.3 is 0 Å². The highest BCUT2D eigenvalue weighted by Crippen LogP contribution is 2.27. The molecule has 0 fully saturated rings. The van der Waals surface area contributed by atoms with Gasteiger partial charge in [0.2, 0.25) is 0 Å². The van der Waals surface area contributed by atoms with Gasteiger partial charge in [-0.1, -0.05) is 42.1 Å². The molecule has 0 atom stereocenters. The van der Waals surface area contributed by atoms with Crippen LogP contribution >= 0.6 is 11.8 Å². The maximum atomic E-state index is 13.3. The van der Waals surface area contributed by atoms with Crippen molar-refractivity contribution in [1.29, 1.82) is 0 Å². The fourth-order valence-electron chi connectivity index (χ4n) is 3.10. The van der Waals surface area contributed by atoms with Gasteiger partial charge in [-0.15, -0.1) is 0 Å². The summed E-state index contributed by atoms with van der Waals surface area (Å²) in [6, 6.07) is 22.7. The first-order chi connectivity index (χ1) is 14.2. The molecule has 0 aliphatic carbocycles. The molecule has 0 saturated heterocycles. The van der Waals surface area contributed by atoms with E-state index in [9.17, 15) is 4.79 Å². The summed E-state index contributed by atoms with van der Waals surface area (Å²) in [5.41, 5.74) is 2.40. The summed E-state index contributed by atoms with van der Waals surface area (Å²) in [5.74, 6) is 2.15. The lowest BCUT2D eigenvalue weighted by atomic mass is 10.2. The number of nitrogens with zero attached hydrogens (tertiary/aromatic N) is 2. The van der Waals surface area contributed by atoms with Crippen LogP contribution in [0.1, 0.15) is 5.56 Å². The van der Waals surface area contributed by atoms with E-state index in [1.165, 1.54) is 11.8 Å². The van der Waals surface area contributed by atoms with E-state index in [1.54, 1.807) is 24.9 Å². The molecule has 0 bridgehead atoms. The predicted molar refractivity (Wildman–Crippen MR) is 116 cm³/mol. The Hall–Kier alpha value is -3.25. The van der Waals surface area contributed by atoms with Crippen molar-refractivity contribution in [2.24, 2.45) is 0 Å². The van der Waals surface area contributed by atoms with Gasteiger partial charge in [0.05, 0.1) is 30.8 Å². The van der Waals surface area contributed by atoms with Gasteiger partial charge in [0.25, 0.3) is 5.56 Å². The smallest absolute Gasteiger partial charge is 0.266 e. The van der Waals surface area contributed by atoms with Crippen LogP contribution in [0, 0.1) is 0 Å². The van der Waals surface area contributed by atoms with Crippen molar-refractivity contribution >= 4 is 22.7 Å². The van der Waals surface area contributed by atoms with E-state index < -0.39 is 0 Å². The standard InChI is InChI=1S/C23H20N2O3S/c1-27-18-9-5-7-16(13-18)15-29-23-24-21-12-4-3-11-20(21)22(26)25(23)17-8-6-10-19(14-17)28-2/h3-14H,15H2,1-2H3. The average Bonchev–Trinajstić information content (AvgIpc) is 2.78. The minimum absolute atomic E-state index is 0.100. The largest absolute Gasteiger partial charge is 0.497 e. The van der Waals surface area contributed by atoms with Crippen molar-refractivity contribution in [2.45, 2.75) is 10.9 Å². The van der Waals surface area contributed by atoms with Crippen LogP contribution in [-0.4, -0.2) is 23.8 Å². The molecule has 0 N–H and O–H groups in total. The molecule has 0 spiro atoms. The molecule has 29 heavy (non-hydrogen) atoms. The van der Waals surface area contributed by atoms with Crippen molar-refractivity contribution in [3.8, 4) is 17.2 Å². The number of rotatable bonds is 6. The topological polar surface area (TPSA) is 53.3 Å². The first-order valence-corrected chi connectivity index (χ1v) is 10.1. The minimum Gasteiger partial charge on any atom is -0.497 e. The van der Waals surface area contributed by atoms with Gasteiger partial charge in [-0.3, -0.25) is 9.36 Å². The molecule has 3 aromatic carbocycles. The summed E-state index contributed by atoms with van der Waals surface area (Å²) < 4.78 is 12.3. The molecule has 146 valence electrons. The van der Waals surface area contributed by atoms with E-state index in [4.69, 9.17) is 14.5 Å². The Labute approximate surface area is 172 Å². The molecule has 1 heterocycles. The zero-order valence-corrected chi connectivity index (χ0v) is 17.0. The van der Waals surface area contributed by atoms with Crippen molar-refractivity contribution in [3.63, 3.8) is 0 Å². The van der Waals surface area contributed by atoms with E-state index >= 15 is 0 Å². The van der Waals surface area contributed by atoms with E-state index in [0.717, 1.165) is 17.0 Å². The van der Waals surface area contributed by atoms with Crippen LogP contribution in [0.5, 0.6) is 11.5 Å². The molecular weight excluding hydrogens is 384 g/mol. The maximum Gasteiger partial charge on any atom is 0.266 e. The summed E-state index contributed by atoms with van der Waals surface area (Å²) >= 11 is 1.51. The fraction of sp³-hybridized carbons (Fsp3) is 0.130. The minimum atomic E-state index is -0.100. The SMILES string of the molecule is COc1cccc(CSc2nc3ccccc3c(=O)n2-c2cccc(OC)c2)c1. The molecule has 0 saturated carbocycles. The second-order valence-corrected chi connectivity index (χ2v) is 7.34. The summed E-state index contributed by atoms with van der Waals surface area (Å²) in [6.07, 6.45) is 0. The van der Waals surface area contributed by atoms with Crippen molar-refractivity contribution in [3.05, 3.63) is 88.7 Å². The quantitative estimate of drug-likeness (QED) is 0.345. The molecule has 6 heteroatoms. The third-order valence-corrected chi connectivity index (χ3v) is 5.57. The highest BCUT2D eigenvalue weighted by Gasteiger charge is 2.14. The second kappa shape index (κ2) is 8.41. The zero-order chi connectivity index (χ0) is 20.2. The number of hydrogen-bond acceptors (Lipinski definition) is 5. The first kappa shape index (κ1) is 19.1. The number of benzene rings is 3. The van der Waals surface area contributed by atoms with E-state index in [-0.39, 0.29) is 5.56 Å². The van der Waals surface area contributed by atoms with Gasteiger partial charge in [0, 0.05) is 11.8 Å². The molecular formula is C23H20N2O3S. The Morgan fingerprint density at radius 2 is 1.62 bits per heavy atom. The zero-order valence-electron chi connectivity index (χ0n) is 16.2. The van der Waals surface area contributed by atoms with Crippen LogP contribution < -0.4 is 15.0 Å². The van der Waals surface area contributed by atoms with Crippen molar-refractivity contribution in [1.82, 2.24) is 9.55 Å². The van der Waals surface area contributed by atoms with Gasteiger partial charge in [-0.25, -0.2) is 4.98 Å². The van der Waals surface area contributed by atoms with Crippen LogP contribution in [0.2, 0.25) is 0 Å². The van der Waals surface area contributed by atoms with Crippen LogP contribution in [0.3, 0.4) is 0 Å². The lowest BCUT2D eigenvalue weighted by molar-refractivity contribution is 0.414. The third kappa shape index (κ3) is 3.98. The molecule has 4 aromatic rings. The molecule has 0 aliphatic heterocycles. The second-order valence-electron chi connectivity index (χ2n) is 6.39. The number of thioether (sulfide) groups is 1.